The smallest absolute Gasteiger partial charge is 0.317 e. The van der Waals surface area contributed by atoms with Crippen molar-refractivity contribution in [1.82, 2.24) is 4.90 Å². The van der Waals surface area contributed by atoms with E-state index in [0.717, 1.165) is 0 Å². The van der Waals surface area contributed by atoms with Gasteiger partial charge in [-0.3, -0.25) is 4.90 Å². The summed E-state index contributed by atoms with van der Waals surface area (Å²) in [5.41, 5.74) is 0. The number of aliphatic imine (C=N–C) groups is 1. The van der Waals surface area contributed by atoms with Gasteiger partial charge >= 0.3 is 6.02 Å². The Balaban J connectivity index is 2.88. The number of hydrogen-bond acceptors (Lipinski definition) is 5. The van der Waals surface area contributed by atoms with E-state index in [1.807, 2.05) is 27.7 Å². The molecule has 0 spiro atoms. The third kappa shape index (κ3) is 3.55. The molecule has 1 aliphatic rings. The molecule has 0 aromatic heterocycles. The molecule has 1 saturated heterocycles. The molecule has 1 fully saturated rings. The predicted octanol–water partition coefficient (Wildman–Crippen LogP) is 1.60. The van der Waals surface area contributed by atoms with Gasteiger partial charge in [0.1, 0.15) is 0 Å². The van der Waals surface area contributed by atoms with E-state index in [4.69, 9.17) is 10.00 Å². The van der Waals surface area contributed by atoms with Crippen LogP contribution in [0.4, 0.5) is 0 Å². The lowest BCUT2D eigenvalue weighted by atomic mass is 10.3. The minimum absolute atomic E-state index is 0.123. The third-order valence-electron chi connectivity index (χ3n) is 2.02. The SMILES string of the molecule is CC(C)/C=N/N=C1\OC/C(=N/C#N)N1C(C)C. The monoisotopic (exact) mass is 235 g/mol. The highest BCUT2D eigenvalue weighted by atomic mass is 16.5. The van der Waals surface area contributed by atoms with Gasteiger partial charge in [-0.15, -0.1) is 0 Å². The summed E-state index contributed by atoms with van der Waals surface area (Å²) in [5, 5.41) is 16.5. The molecule has 0 aromatic carbocycles. The van der Waals surface area contributed by atoms with Crippen LogP contribution in [0, 0.1) is 17.4 Å². The number of hydrogen-bond donors (Lipinski definition) is 0. The van der Waals surface area contributed by atoms with Gasteiger partial charge in [0.15, 0.2) is 12.4 Å². The summed E-state index contributed by atoms with van der Waals surface area (Å²) in [6, 6.07) is 0.517. The molecule has 0 atom stereocenters. The number of nitrogens with zero attached hydrogens (tertiary/aromatic N) is 5. The molecule has 0 radical (unpaired) electrons. The predicted molar refractivity (Wildman–Crippen MR) is 66.7 cm³/mol. The standard InChI is InChI=1S/C11H17N5O/c1-8(2)5-14-15-11-16(9(3)4)10(6-17-11)13-7-12/h5,8-9H,6H2,1-4H3/b13-10-,14-5+,15-11-. The molecule has 0 aromatic rings. The lowest BCUT2D eigenvalue weighted by molar-refractivity contribution is 0.347. The Bertz CT molecular complexity index is 389. The highest BCUT2D eigenvalue weighted by molar-refractivity contribution is 6.03. The second-order valence-electron chi connectivity index (χ2n) is 4.27. The largest absolute Gasteiger partial charge is 0.455 e. The van der Waals surface area contributed by atoms with Crippen LogP contribution in [0.25, 0.3) is 0 Å². The van der Waals surface area contributed by atoms with E-state index in [1.54, 1.807) is 17.3 Å². The average molecular weight is 235 g/mol. The van der Waals surface area contributed by atoms with Crippen LogP contribution in [-0.4, -0.2) is 35.6 Å². The van der Waals surface area contributed by atoms with Crippen molar-refractivity contribution in [2.75, 3.05) is 6.61 Å². The van der Waals surface area contributed by atoms with Crippen molar-refractivity contribution in [3.8, 4) is 6.19 Å². The van der Waals surface area contributed by atoms with Gasteiger partial charge < -0.3 is 4.74 Å². The minimum atomic E-state index is 0.123. The van der Waals surface area contributed by atoms with Crippen LogP contribution >= 0.6 is 0 Å². The molecule has 0 unspecified atom stereocenters. The maximum absolute atomic E-state index is 8.57. The fourth-order valence-corrected chi connectivity index (χ4v) is 1.33. The zero-order chi connectivity index (χ0) is 12.8. The minimum Gasteiger partial charge on any atom is -0.455 e. The van der Waals surface area contributed by atoms with Crippen LogP contribution in [0.2, 0.25) is 0 Å². The Morgan fingerprint density at radius 1 is 1.41 bits per heavy atom. The molecule has 6 nitrogen and oxygen atoms in total. The summed E-state index contributed by atoms with van der Waals surface area (Å²) >= 11 is 0. The fraction of sp³-hybridized carbons (Fsp3) is 0.636. The van der Waals surface area contributed by atoms with Gasteiger partial charge in [-0.25, -0.2) is 0 Å². The summed E-state index contributed by atoms with van der Waals surface area (Å²) in [6.45, 7) is 8.25. The molecule has 0 aliphatic carbocycles. The topological polar surface area (TPSA) is 73.3 Å². The number of ether oxygens (including phenoxy) is 1. The Kier molecular flexibility index (Phi) is 4.64. The first kappa shape index (κ1) is 13.2. The molecule has 6 heteroatoms. The van der Waals surface area contributed by atoms with Gasteiger partial charge in [0.25, 0.3) is 0 Å². The lowest BCUT2D eigenvalue weighted by Crippen LogP contribution is -2.36. The Labute approximate surface area is 101 Å². The van der Waals surface area contributed by atoms with E-state index >= 15 is 0 Å². The molecule has 1 aliphatic heterocycles. The van der Waals surface area contributed by atoms with Gasteiger partial charge in [-0.2, -0.15) is 15.4 Å². The molecule has 0 N–H and O–H groups in total. The molecular formula is C11H17N5O. The van der Waals surface area contributed by atoms with E-state index in [9.17, 15) is 0 Å². The highest BCUT2D eigenvalue weighted by Crippen LogP contribution is 2.12. The van der Waals surface area contributed by atoms with Crippen molar-refractivity contribution < 1.29 is 4.74 Å². The molecule has 0 bridgehead atoms. The van der Waals surface area contributed by atoms with E-state index in [0.29, 0.717) is 17.8 Å². The second-order valence-corrected chi connectivity index (χ2v) is 4.27. The van der Waals surface area contributed by atoms with Crippen molar-refractivity contribution in [3.05, 3.63) is 0 Å². The highest BCUT2D eigenvalue weighted by Gasteiger charge is 2.30. The molecule has 92 valence electrons. The summed E-state index contributed by atoms with van der Waals surface area (Å²) in [6.07, 6.45) is 3.49. The first-order valence-corrected chi connectivity index (χ1v) is 5.55. The first-order valence-electron chi connectivity index (χ1n) is 5.55. The maximum atomic E-state index is 8.57. The lowest BCUT2D eigenvalue weighted by Gasteiger charge is -2.19. The quantitative estimate of drug-likeness (QED) is 0.423. The van der Waals surface area contributed by atoms with Crippen molar-refractivity contribution in [2.24, 2.45) is 21.1 Å². The van der Waals surface area contributed by atoms with Crippen LogP contribution in [0.5, 0.6) is 0 Å². The van der Waals surface area contributed by atoms with E-state index < -0.39 is 0 Å². The Hall–Kier alpha value is -1.90. The van der Waals surface area contributed by atoms with Crippen molar-refractivity contribution in [2.45, 2.75) is 33.7 Å². The second kappa shape index (κ2) is 5.99. The molecule has 1 rings (SSSR count). The van der Waals surface area contributed by atoms with E-state index in [-0.39, 0.29) is 12.6 Å². The van der Waals surface area contributed by atoms with Gasteiger partial charge in [0, 0.05) is 12.3 Å². The molecule has 0 amide bonds. The maximum Gasteiger partial charge on any atom is 0.317 e. The fourth-order valence-electron chi connectivity index (χ4n) is 1.33. The molecule has 0 saturated carbocycles. The Morgan fingerprint density at radius 3 is 2.65 bits per heavy atom. The summed E-state index contributed by atoms with van der Waals surface area (Å²) in [4.78, 5) is 5.47. The van der Waals surface area contributed by atoms with Crippen LogP contribution in [0.1, 0.15) is 27.7 Å². The normalized spacial score (nSPS) is 20.9. The first-order chi connectivity index (χ1) is 8.06. The third-order valence-corrected chi connectivity index (χ3v) is 2.02. The summed E-state index contributed by atoms with van der Waals surface area (Å²) < 4.78 is 5.35. The van der Waals surface area contributed by atoms with Crippen LogP contribution in [0.15, 0.2) is 15.2 Å². The van der Waals surface area contributed by atoms with Gasteiger partial charge in [0.2, 0.25) is 6.19 Å². The molecular weight excluding hydrogens is 218 g/mol. The van der Waals surface area contributed by atoms with E-state index in [2.05, 4.69) is 15.2 Å². The van der Waals surface area contributed by atoms with Gasteiger partial charge in [-0.1, -0.05) is 18.9 Å². The number of nitriles is 1. The average Bonchev–Trinajstić information content (AvgIpc) is 2.61. The van der Waals surface area contributed by atoms with Crippen LogP contribution < -0.4 is 0 Å². The summed E-state index contributed by atoms with van der Waals surface area (Å²) in [7, 11) is 0. The number of rotatable bonds is 3. The molecule has 1 heterocycles. The van der Waals surface area contributed by atoms with Crippen molar-refractivity contribution in [3.63, 3.8) is 0 Å². The van der Waals surface area contributed by atoms with Crippen molar-refractivity contribution in [1.29, 1.82) is 5.26 Å². The molecule has 17 heavy (non-hydrogen) atoms. The zero-order valence-electron chi connectivity index (χ0n) is 10.6. The van der Waals surface area contributed by atoms with Crippen LogP contribution in [-0.2, 0) is 4.74 Å². The Morgan fingerprint density at radius 2 is 2.12 bits per heavy atom. The van der Waals surface area contributed by atoms with Gasteiger partial charge in [-0.05, 0) is 19.8 Å². The number of amidine groups is 2. The van der Waals surface area contributed by atoms with Gasteiger partial charge in [0.05, 0.1) is 0 Å². The summed E-state index contributed by atoms with van der Waals surface area (Å²) in [5.74, 6) is 0.904. The van der Waals surface area contributed by atoms with Crippen LogP contribution in [0.3, 0.4) is 0 Å². The van der Waals surface area contributed by atoms with E-state index in [1.165, 1.54) is 0 Å². The zero-order valence-corrected chi connectivity index (χ0v) is 10.6. The van der Waals surface area contributed by atoms with Crippen molar-refractivity contribution >= 4 is 18.1 Å².